The molecule has 0 aliphatic carbocycles. The van der Waals surface area contributed by atoms with Crippen molar-refractivity contribution in [3.8, 4) is 0 Å². The van der Waals surface area contributed by atoms with Gasteiger partial charge in [-0.2, -0.15) is 0 Å². The minimum absolute atomic E-state index is 0.266. The van der Waals surface area contributed by atoms with E-state index >= 15 is 0 Å². The summed E-state index contributed by atoms with van der Waals surface area (Å²) in [5.74, 6) is -1.10. The van der Waals surface area contributed by atoms with Crippen LogP contribution in [0.5, 0.6) is 0 Å². The van der Waals surface area contributed by atoms with Gasteiger partial charge in [0.1, 0.15) is 0 Å². The molecule has 0 spiro atoms. The van der Waals surface area contributed by atoms with Gasteiger partial charge in [-0.05, 0) is 6.42 Å². The summed E-state index contributed by atoms with van der Waals surface area (Å²) in [5.41, 5.74) is 1.65. The van der Waals surface area contributed by atoms with Gasteiger partial charge in [-0.15, -0.1) is 0 Å². The number of carbonyl (C=O) groups is 2. The Labute approximate surface area is 166 Å². The van der Waals surface area contributed by atoms with Crippen LogP contribution < -0.4 is 5.48 Å². The number of nitrogens with one attached hydrogen (secondary N) is 1. The average molecular weight is 355 g/mol. The standard InChI is InChI=1S/C12H25NO2.C4H9.C2H4O2.Na/c1-2-3-4-5-6-7-8-9-10-11-12(14)13-15;1-3-4-2;1-2(3)4;/h15H,2-11H2,1H3,(H,13,14);3H,4H2,1-2H3;1H3,(H,3,4);. The molecule has 0 bridgehead atoms. The molecule has 5 nitrogen and oxygen atoms in total. The third-order valence-corrected chi connectivity index (χ3v) is 4.27. The Hall–Kier alpha value is -0.100. The Kier molecular flexibility index (Phi) is 30.1. The van der Waals surface area contributed by atoms with Crippen molar-refractivity contribution in [3.63, 3.8) is 0 Å². The van der Waals surface area contributed by atoms with Crippen LogP contribution in [0.4, 0.5) is 0 Å². The molecule has 0 saturated heterocycles. The predicted octanol–water partition coefficient (Wildman–Crippen LogP) is 4.88. The van der Waals surface area contributed by atoms with Crippen LogP contribution in [0.3, 0.4) is 0 Å². The zero-order valence-electron chi connectivity index (χ0n) is 16.6. The summed E-state index contributed by atoms with van der Waals surface area (Å²) in [6.45, 7) is 7.83. The molecular formula is C18H38NNaO4. The molecule has 0 fully saturated rings. The van der Waals surface area contributed by atoms with E-state index in [2.05, 4.69) is 20.8 Å². The molecule has 0 aromatic heterocycles. The van der Waals surface area contributed by atoms with E-state index in [0.717, 1.165) is 22.9 Å². The second-order valence-corrected chi connectivity index (χ2v) is 8.41. The van der Waals surface area contributed by atoms with Crippen LogP contribution in [0, 0.1) is 0 Å². The van der Waals surface area contributed by atoms with Gasteiger partial charge in [0, 0.05) is 13.3 Å². The summed E-state index contributed by atoms with van der Waals surface area (Å²) in [4.78, 5) is 19.7. The number of carbonyl (C=O) groups excluding carboxylic acids is 1. The number of unbranched alkanes of at least 4 members (excludes halogenated alkanes) is 8. The molecule has 6 heteroatoms. The first-order valence-corrected chi connectivity index (χ1v) is 10.6. The number of rotatable bonds is 11. The van der Waals surface area contributed by atoms with Crippen molar-refractivity contribution in [2.75, 3.05) is 0 Å². The van der Waals surface area contributed by atoms with Crippen LogP contribution in [0.2, 0.25) is 3.17 Å². The van der Waals surface area contributed by atoms with E-state index in [9.17, 15) is 4.79 Å². The third kappa shape index (κ3) is 43.1. The number of amides is 1. The molecule has 0 aliphatic heterocycles. The molecule has 3 N–H and O–H groups in total. The maximum atomic E-state index is 10.7. The Morgan fingerprint density at radius 3 is 1.58 bits per heavy atom. The van der Waals surface area contributed by atoms with Gasteiger partial charge in [0.2, 0.25) is 5.91 Å². The van der Waals surface area contributed by atoms with Crippen molar-refractivity contribution in [1.82, 2.24) is 5.48 Å². The Morgan fingerprint density at radius 2 is 1.29 bits per heavy atom. The molecule has 0 aromatic carbocycles. The fraction of sp³-hybridized carbons (Fsp3) is 0.889. The fourth-order valence-corrected chi connectivity index (χ4v) is 1.65. The Balaban J connectivity index is -0.000000402. The Morgan fingerprint density at radius 1 is 0.958 bits per heavy atom. The topological polar surface area (TPSA) is 86.6 Å². The zero-order chi connectivity index (χ0) is 19.2. The first-order valence-electron chi connectivity index (χ1n) is 9.44. The number of aliphatic carboxylic acids is 1. The van der Waals surface area contributed by atoms with Crippen LogP contribution in [-0.2, 0) is 9.59 Å². The molecule has 1 unspecified atom stereocenters. The predicted molar refractivity (Wildman–Crippen MR) is 101 cm³/mol. The zero-order valence-corrected chi connectivity index (χ0v) is 18.6. The Bertz CT molecular complexity index is 270. The van der Waals surface area contributed by atoms with Gasteiger partial charge >= 0.3 is 51.4 Å². The molecule has 140 valence electrons. The summed E-state index contributed by atoms with van der Waals surface area (Å²) in [6, 6.07) is 0. The van der Waals surface area contributed by atoms with Gasteiger partial charge in [-0.25, -0.2) is 5.48 Å². The molecule has 0 rings (SSSR count). The molecule has 24 heavy (non-hydrogen) atoms. The monoisotopic (exact) mass is 355 g/mol. The number of hydrogen-bond donors (Lipinski definition) is 3. The second kappa shape index (κ2) is 25.1. The van der Waals surface area contributed by atoms with Gasteiger partial charge in [-0.1, -0.05) is 58.3 Å². The van der Waals surface area contributed by atoms with Crippen molar-refractivity contribution < 1.29 is 19.9 Å². The van der Waals surface area contributed by atoms with Crippen LogP contribution in [0.1, 0.15) is 98.3 Å². The number of carboxylic acid groups (broad SMARTS) is 1. The summed E-state index contributed by atoms with van der Waals surface area (Å²) >= 11 is 1.37. The van der Waals surface area contributed by atoms with Gasteiger partial charge < -0.3 is 5.11 Å². The molecule has 0 aliphatic rings. The van der Waals surface area contributed by atoms with E-state index < -0.39 is 5.97 Å². The van der Waals surface area contributed by atoms with E-state index in [1.807, 2.05) is 0 Å². The number of hydrogen-bond acceptors (Lipinski definition) is 3. The first-order chi connectivity index (χ1) is 11.3. The van der Waals surface area contributed by atoms with Crippen molar-refractivity contribution >= 4 is 39.8 Å². The van der Waals surface area contributed by atoms with Gasteiger partial charge in [-0.3, -0.25) is 14.8 Å². The van der Waals surface area contributed by atoms with E-state index in [0.29, 0.717) is 6.42 Å². The summed E-state index contributed by atoms with van der Waals surface area (Å²) < 4.78 is 1.02. The summed E-state index contributed by atoms with van der Waals surface area (Å²) in [5, 5.41) is 15.7. The molecule has 0 radical (unpaired) electrons. The quantitative estimate of drug-likeness (QED) is 0.213. The average Bonchev–Trinajstić information content (AvgIpc) is 2.53. The first kappa shape index (κ1) is 28.7. The van der Waals surface area contributed by atoms with Crippen LogP contribution in [0.15, 0.2) is 0 Å². The van der Waals surface area contributed by atoms with Crippen molar-refractivity contribution in [3.05, 3.63) is 0 Å². The summed E-state index contributed by atoms with van der Waals surface area (Å²) in [7, 11) is 0. The van der Waals surface area contributed by atoms with Gasteiger partial charge in [0.25, 0.3) is 5.97 Å². The SMILES string of the molecule is CC(=O)O.CCCCCCCCCCCC(=O)NO.CC[CH](C)[Na]. The van der Waals surface area contributed by atoms with Gasteiger partial charge in [0.05, 0.1) is 0 Å². The second-order valence-electron chi connectivity index (χ2n) is 6.43. The number of hydroxylamine groups is 1. The number of carboxylic acids is 1. The van der Waals surface area contributed by atoms with E-state index in [1.165, 1.54) is 79.3 Å². The molecule has 0 heterocycles. The third-order valence-electron chi connectivity index (χ3n) is 3.45. The molecular weight excluding hydrogens is 317 g/mol. The maximum absolute atomic E-state index is 10.7. The summed E-state index contributed by atoms with van der Waals surface area (Å²) in [6.07, 6.45) is 13.0. The van der Waals surface area contributed by atoms with Crippen LogP contribution >= 0.6 is 0 Å². The van der Waals surface area contributed by atoms with Crippen molar-refractivity contribution in [1.29, 1.82) is 0 Å². The minimum atomic E-state index is -0.833. The molecule has 1 atom stereocenters. The molecule has 1 amide bonds. The van der Waals surface area contributed by atoms with E-state index in [4.69, 9.17) is 15.1 Å². The fourth-order valence-electron chi connectivity index (χ4n) is 1.65. The van der Waals surface area contributed by atoms with E-state index in [1.54, 1.807) is 5.48 Å². The molecule has 0 aromatic rings. The van der Waals surface area contributed by atoms with E-state index in [-0.39, 0.29) is 5.91 Å². The van der Waals surface area contributed by atoms with Crippen LogP contribution in [0.25, 0.3) is 0 Å². The molecule has 0 saturated carbocycles. The van der Waals surface area contributed by atoms with Crippen molar-refractivity contribution in [2.45, 2.75) is 101 Å². The normalized spacial score (nSPS) is 10.6. The van der Waals surface area contributed by atoms with Crippen LogP contribution in [-0.4, -0.2) is 50.1 Å². The van der Waals surface area contributed by atoms with Gasteiger partial charge in [0.15, 0.2) is 0 Å². The van der Waals surface area contributed by atoms with Crippen molar-refractivity contribution in [2.24, 2.45) is 0 Å².